The smallest absolute Gasteiger partial charge is 0.225 e. The standard InChI is InChI=1S/C22H19F2N3O3/c1-9-8-30-22-16(10(2)26-9)20(25)19(24)21(27-22)14-7-13(29)6-12-4-5-15(23)17(11(3)28)18(12)14/h4-7,9,26,29H,2,8H2,1,3H3,(H2,25,27). The third kappa shape index (κ3) is 3.01. The molecule has 2 heterocycles. The number of nitrogen functional groups attached to an aromatic ring is 1. The first kappa shape index (κ1) is 19.6. The van der Waals surface area contributed by atoms with Gasteiger partial charge in [0.05, 0.1) is 22.9 Å². The van der Waals surface area contributed by atoms with Crippen molar-refractivity contribution in [3.63, 3.8) is 0 Å². The summed E-state index contributed by atoms with van der Waals surface area (Å²) in [4.78, 5) is 16.5. The third-order valence-corrected chi connectivity index (χ3v) is 4.99. The van der Waals surface area contributed by atoms with E-state index in [-0.39, 0.29) is 57.7 Å². The maximum absolute atomic E-state index is 15.4. The first-order valence-electron chi connectivity index (χ1n) is 9.23. The van der Waals surface area contributed by atoms with Crippen LogP contribution in [0.25, 0.3) is 27.7 Å². The average Bonchev–Trinajstić information content (AvgIpc) is 2.81. The minimum absolute atomic E-state index is 0.0289. The quantitative estimate of drug-likeness (QED) is 0.551. The first-order valence-corrected chi connectivity index (χ1v) is 9.23. The van der Waals surface area contributed by atoms with Crippen LogP contribution in [0.1, 0.15) is 29.8 Å². The van der Waals surface area contributed by atoms with E-state index in [9.17, 15) is 14.3 Å². The third-order valence-electron chi connectivity index (χ3n) is 4.99. The number of aromatic hydroxyl groups is 1. The van der Waals surface area contributed by atoms with E-state index in [1.165, 1.54) is 25.1 Å². The van der Waals surface area contributed by atoms with E-state index in [1.54, 1.807) is 0 Å². The fourth-order valence-corrected chi connectivity index (χ4v) is 3.70. The number of ketones is 1. The van der Waals surface area contributed by atoms with Gasteiger partial charge >= 0.3 is 0 Å². The molecule has 154 valence electrons. The molecule has 30 heavy (non-hydrogen) atoms. The highest BCUT2D eigenvalue weighted by Gasteiger charge is 2.27. The van der Waals surface area contributed by atoms with Crippen LogP contribution >= 0.6 is 0 Å². The van der Waals surface area contributed by atoms with E-state index in [0.29, 0.717) is 11.1 Å². The lowest BCUT2D eigenvalue weighted by atomic mass is 9.93. The molecule has 3 aromatic rings. The van der Waals surface area contributed by atoms with Crippen molar-refractivity contribution in [1.29, 1.82) is 0 Å². The van der Waals surface area contributed by atoms with Crippen molar-refractivity contribution in [1.82, 2.24) is 10.3 Å². The molecule has 0 saturated carbocycles. The van der Waals surface area contributed by atoms with Crippen LogP contribution in [0.15, 0.2) is 30.8 Å². The number of hydrogen-bond donors (Lipinski definition) is 3. The van der Waals surface area contributed by atoms with Gasteiger partial charge in [0.2, 0.25) is 5.88 Å². The van der Waals surface area contributed by atoms with Gasteiger partial charge in [-0.05, 0) is 37.4 Å². The van der Waals surface area contributed by atoms with E-state index in [0.717, 1.165) is 6.07 Å². The second kappa shape index (κ2) is 6.98. The van der Waals surface area contributed by atoms with Crippen molar-refractivity contribution in [2.75, 3.05) is 12.3 Å². The molecule has 6 nitrogen and oxygen atoms in total. The summed E-state index contributed by atoms with van der Waals surface area (Å²) in [6.07, 6.45) is 0. The van der Waals surface area contributed by atoms with Gasteiger partial charge in [-0.25, -0.2) is 13.8 Å². The van der Waals surface area contributed by atoms with Crippen molar-refractivity contribution < 1.29 is 23.4 Å². The lowest BCUT2D eigenvalue weighted by Gasteiger charge is -2.16. The molecule has 0 saturated heterocycles. The number of nitrogens with zero attached hydrogens (tertiary/aromatic N) is 1. The molecule has 0 amide bonds. The first-order chi connectivity index (χ1) is 14.2. The van der Waals surface area contributed by atoms with E-state index in [1.807, 2.05) is 6.92 Å². The summed E-state index contributed by atoms with van der Waals surface area (Å²) in [5.41, 5.74) is 5.91. The SMILES string of the molecule is C=C1NC(C)COc2nc(-c3cc(O)cc4ccc(F)c(C(C)=O)c34)c(F)c(N)c21. The number of carbonyl (C=O) groups is 1. The number of phenols is 1. The van der Waals surface area contributed by atoms with Gasteiger partial charge in [-0.3, -0.25) is 4.79 Å². The van der Waals surface area contributed by atoms with Gasteiger partial charge in [0, 0.05) is 16.6 Å². The Morgan fingerprint density at radius 3 is 2.80 bits per heavy atom. The van der Waals surface area contributed by atoms with Gasteiger partial charge < -0.3 is 20.9 Å². The zero-order chi connectivity index (χ0) is 21.7. The molecule has 0 spiro atoms. The zero-order valence-electron chi connectivity index (χ0n) is 16.3. The Morgan fingerprint density at radius 2 is 2.10 bits per heavy atom. The van der Waals surface area contributed by atoms with Crippen LogP contribution in [0.3, 0.4) is 0 Å². The van der Waals surface area contributed by atoms with Crippen LogP contribution in [-0.2, 0) is 0 Å². The number of pyridine rings is 1. The number of aromatic nitrogens is 1. The van der Waals surface area contributed by atoms with Gasteiger partial charge in [0.15, 0.2) is 11.6 Å². The highest BCUT2D eigenvalue weighted by molar-refractivity contribution is 6.13. The molecule has 0 bridgehead atoms. The number of anilines is 1. The summed E-state index contributed by atoms with van der Waals surface area (Å²) < 4.78 is 35.6. The van der Waals surface area contributed by atoms with E-state index >= 15 is 4.39 Å². The van der Waals surface area contributed by atoms with Crippen molar-refractivity contribution in [3.8, 4) is 22.9 Å². The molecule has 0 aliphatic carbocycles. The summed E-state index contributed by atoms with van der Waals surface area (Å²) >= 11 is 0. The maximum Gasteiger partial charge on any atom is 0.225 e. The molecule has 4 rings (SSSR count). The van der Waals surface area contributed by atoms with E-state index in [2.05, 4.69) is 16.9 Å². The molecule has 1 atom stereocenters. The zero-order valence-corrected chi connectivity index (χ0v) is 16.3. The number of fused-ring (bicyclic) bond motifs is 2. The Bertz CT molecular complexity index is 1240. The molecule has 1 aliphatic heterocycles. The molecule has 1 aromatic heterocycles. The van der Waals surface area contributed by atoms with Crippen molar-refractivity contribution in [2.24, 2.45) is 0 Å². The summed E-state index contributed by atoms with van der Waals surface area (Å²) in [6.45, 7) is 7.17. The molecule has 0 fully saturated rings. The number of Topliss-reactive ketones (excluding diaryl/α,β-unsaturated/α-hetero) is 1. The van der Waals surface area contributed by atoms with Gasteiger partial charge in [-0.1, -0.05) is 12.6 Å². The number of rotatable bonds is 2. The topological polar surface area (TPSA) is 97.5 Å². The predicted octanol–water partition coefficient (Wildman–Crippen LogP) is 4.01. The molecular formula is C22H19F2N3O3. The molecule has 4 N–H and O–H groups in total. The number of hydrogen-bond acceptors (Lipinski definition) is 6. The fraction of sp³-hybridized carbons (Fsp3) is 0.182. The second-order valence-corrected chi connectivity index (χ2v) is 7.27. The van der Waals surface area contributed by atoms with Crippen LogP contribution in [0, 0.1) is 11.6 Å². The second-order valence-electron chi connectivity index (χ2n) is 7.27. The largest absolute Gasteiger partial charge is 0.508 e. The van der Waals surface area contributed by atoms with E-state index < -0.39 is 17.4 Å². The fourth-order valence-electron chi connectivity index (χ4n) is 3.70. The Morgan fingerprint density at radius 1 is 1.37 bits per heavy atom. The minimum Gasteiger partial charge on any atom is -0.508 e. The molecule has 1 unspecified atom stereocenters. The normalized spacial score (nSPS) is 15.9. The monoisotopic (exact) mass is 411 g/mol. The highest BCUT2D eigenvalue weighted by Crippen LogP contribution is 2.41. The molecule has 2 aromatic carbocycles. The number of ether oxygens (including phenoxy) is 1. The lowest BCUT2D eigenvalue weighted by molar-refractivity contribution is 0.101. The van der Waals surface area contributed by atoms with Gasteiger partial charge in [-0.2, -0.15) is 0 Å². The number of benzene rings is 2. The predicted molar refractivity (Wildman–Crippen MR) is 110 cm³/mol. The Labute approximate surface area is 171 Å². The molecule has 0 radical (unpaired) electrons. The molecular weight excluding hydrogens is 392 g/mol. The van der Waals surface area contributed by atoms with Crippen molar-refractivity contribution >= 4 is 27.9 Å². The van der Waals surface area contributed by atoms with E-state index in [4.69, 9.17) is 10.5 Å². The van der Waals surface area contributed by atoms with Gasteiger partial charge in [0.1, 0.15) is 23.9 Å². The van der Waals surface area contributed by atoms with Crippen molar-refractivity contribution in [2.45, 2.75) is 19.9 Å². The van der Waals surface area contributed by atoms with Crippen LogP contribution in [0.5, 0.6) is 11.6 Å². The Kier molecular flexibility index (Phi) is 4.57. The van der Waals surface area contributed by atoms with Gasteiger partial charge in [-0.15, -0.1) is 0 Å². The summed E-state index contributed by atoms with van der Waals surface area (Å²) in [5.74, 6) is -2.33. The number of nitrogens with two attached hydrogens (primary N) is 1. The molecule has 8 heteroatoms. The maximum atomic E-state index is 15.4. The Hall–Kier alpha value is -3.68. The lowest BCUT2D eigenvalue weighted by Crippen LogP contribution is -2.27. The minimum atomic E-state index is -0.888. The summed E-state index contributed by atoms with van der Waals surface area (Å²) in [7, 11) is 0. The Balaban J connectivity index is 2.09. The highest BCUT2D eigenvalue weighted by atomic mass is 19.1. The average molecular weight is 411 g/mol. The summed E-state index contributed by atoms with van der Waals surface area (Å²) in [5, 5.41) is 13.7. The number of phenolic OH excluding ortho intramolecular Hbond substituents is 1. The number of halogens is 2. The van der Waals surface area contributed by atoms with Crippen LogP contribution in [0.2, 0.25) is 0 Å². The van der Waals surface area contributed by atoms with Gasteiger partial charge in [0.25, 0.3) is 0 Å². The number of nitrogens with one attached hydrogen (secondary N) is 1. The summed E-state index contributed by atoms with van der Waals surface area (Å²) in [6, 6.07) is 4.99. The van der Waals surface area contributed by atoms with Crippen LogP contribution in [0.4, 0.5) is 14.5 Å². The number of carbonyl (C=O) groups excluding carboxylic acids is 1. The van der Waals surface area contributed by atoms with Crippen LogP contribution in [-0.4, -0.2) is 28.5 Å². The molecule has 1 aliphatic rings. The van der Waals surface area contributed by atoms with Crippen molar-refractivity contribution in [3.05, 3.63) is 53.6 Å². The van der Waals surface area contributed by atoms with Crippen LogP contribution < -0.4 is 15.8 Å².